The number of hydrogen-bond donors (Lipinski definition) is 0. The van der Waals surface area contributed by atoms with Crippen LogP contribution >= 0.6 is 0 Å². The van der Waals surface area contributed by atoms with E-state index in [-0.39, 0.29) is 12.0 Å². The van der Waals surface area contributed by atoms with Crippen LogP contribution in [0.25, 0.3) is 0 Å². The number of amides is 1. The van der Waals surface area contributed by atoms with Crippen LogP contribution in [-0.4, -0.2) is 49.0 Å². The molecular formula is C20H24N2O2. The van der Waals surface area contributed by atoms with E-state index in [9.17, 15) is 4.79 Å². The highest BCUT2D eigenvalue weighted by Gasteiger charge is 2.28. The minimum absolute atomic E-state index is 0.00344. The summed E-state index contributed by atoms with van der Waals surface area (Å²) in [7, 11) is 4.11. The predicted molar refractivity (Wildman–Crippen MR) is 95.2 cm³/mol. The summed E-state index contributed by atoms with van der Waals surface area (Å²) in [5.74, 6) is 0.739. The lowest BCUT2D eigenvalue weighted by Crippen LogP contribution is -2.37. The number of carbonyl (C=O) groups is 1. The number of rotatable bonds is 5. The first-order valence-corrected chi connectivity index (χ1v) is 8.37. The lowest BCUT2D eigenvalue weighted by atomic mass is 10.1. The molecule has 3 rings (SSSR count). The van der Waals surface area contributed by atoms with Gasteiger partial charge in [0.05, 0.1) is 12.1 Å². The number of nitrogens with zero attached hydrogens (tertiary/aromatic N) is 2. The molecule has 1 amide bonds. The molecule has 0 fully saturated rings. The predicted octanol–water partition coefficient (Wildman–Crippen LogP) is 3.04. The number of hydrogen-bond acceptors (Lipinski definition) is 3. The summed E-state index contributed by atoms with van der Waals surface area (Å²) in [5.41, 5.74) is 1.79. The second kappa shape index (κ2) is 7.49. The highest BCUT2D eigenvalue weighted by molar-refractivity contribution is 5.97. The number of ether oxygens (including phenoxy) is 1. The van der Waals surface area contributed by atoms with Gasteiger partial charge in [-0.2, -0.15) is 0 Å². The Labute approximate surface area is 143 Å². The van der Waals surface area contributed by atoms with Crippen LogP contribution in [0.4, 0.5) is 0 Å². The normalized spacial score (nSPS) is 17.4. The molecule has 0 N–H and O–H groups in total. The third-order valence-electron chi connectivity index (χ3n) is 4.24. The minimum Gasteiger partial charge on any atom is -0.488 e. The van der Waals surface area contributed by atoms with Gasteiger partial charge >= 0.3 is 0 Å². The molecule has 4 heteroatoms. The van der Waals surface area contributed by atoms with Crippen molar-refractivity contribution in [1.29, 1.82) is 0 Å². The maximum absolute atomic E-state index is 13.0. The Balaban J connectivity index is 1.85. The Kier molecular flexibility index (Phi) is 5.16. The van der Waals surface area contributed by atoms with E-state index >= 15 is 0 Å². The van der Waals surface area contributed by atoms with Gasteiger partial charge in [-0.3, -0.25) is 4.79 Å². The van der Waals surface area contributed by atoms with Crippen LogP contribution < -0.4 is 4.74 Å². The largest absolute Gasteiger partial charge is 0.488 e. The first kappa shape index (κ1) is 16.5. The van der Waals surface area contributed by atoms with Crippen molar-refractivity contribution in [3.63, 3.8) is 0 Å². The molecule has 0 spiro atoms. The standard InChI is InChI=1S/C20H24N2O2/c1-21(2)13-12-17-15-22(14-16-8-4-3-5-9-16)20(23)18-10-6-7-11-19(18)24-17/h3-11,17H,12-15H2,1-2H3. The molecule has 0 saturated carbocycles. The molecule has 1 aliphatic heterocycles. The molecule has 0 aliphatic carbocycles. The van der Waals surface area contributed by atoms with E-state index < -0.39 is 0 Å². The number of para-hydroxylation sites is 1. The number of benzene rings is 2. The molecule has 1 unspecified atom stereocenters. The van der Waals surface area contributed by atoms with Gasteiger partial charge in [0, 0.05) is 13.1 Å². The topological polar surface area (TPSA) is 32.8 Å². The van der Waals surface area contributed by atoms with Crippen molar-refractivity contribution >= 4 is 5.91 Å². The lowest BCUT2D eigenvalue weighted by Gasteiger charge is -2.25. The second-order valence-corrected chi connectivity index (χ2v) is 6.50. The molecule has 1 heterocycles. The maximum atomic E-state index is 13.0. The van der Waals surface area contributed by atoms with Crippen LogP contribution in [0, 0.1) is 0 Å². The Hall–Kier alpha value is -2.33. The van der Waals surface area contributed by atoms with Gasteiger partial charge in [-0.05, 0) is 38.2 Å². The summed E-state index contributed by atoms with van der Waals surface area (Å²) in [6.45, 7) is 2.15. The molecule has 0 saturated heterocycles. The average Bonchev–Trinajstić information content (AvgIpc) is 2.72. The first-order valence-electron chi connectivity index (χ1n) is 8.37. The lowest BCUT2D eigenvalue weighted by molar-refractivity contribution is 0.0682. The second-order valence-electron chi connectivity index (χ2n) is 6.50. The van der Waals surface area contributed by atoms with E-state index in [0.717, 1.165) is 18.5 Å². The molecule has 2 aromatic rings. The quantitative estimate of drug-likeness (QED) is 0.847. The molecule has 1 atom stereocenters. The minimum atomic E-state index is 0.00344. The summed E-state index contributed by atoms with van der Waals surface area (Å²) in [5, 5.41) is 0. The third-order valence-corrected chi connectivity index (χ3v) is 4.24. The van der Waals surface area contributed by atoms with Crippen molar-refractivity contribution < 1.29 is 9.53 Å². The summed E-state index contributed by atoms with van der Waals surface area (Å²) in [6, 6.07) is 17.7. The van der Waals surface area contributed by atoms with Crippen molar-refractivity contribution in [2.24, 2.45) is 0 Å². The Morgan fingerprint density at radius 3 is 2.54 bits per heavy atom. The van der Waals surface area contributed by atoms with E-state index in [1.54, 1.807) is 0 Å². The molecule has 24 heavy (non-hydrogen) atoms. The maximum Gasteiger partial charge on any atom is 0.258 e. The molecule has 0 radical (unpaired) electrons. The van der Waals surface area contributed by atoms with Gasteiger partial charge in [-0.1, -0.05) is 42.5 Å². The van der Waals surface area contributed by atoms with Gasteiger partial charge in [-0.25, -0.2) is 0 Å². The molecule has 0 bridgehead atoms. The number of carbonyl (C=O) groups excluding carboxylic acids is 1. The summed E-state index contributed by atoms with van der Waals surface area (Å²) < 4.78 is 6.16. The Morgan fingerprint density at radius 1 is 1.08 bits per heavy atom. The summed E-state index contributed by atoms with van der Waals surface area (Å²) >= 11 is 0. The SMILES string of the molecule is CN(C)CCC1CN(Cc2ccccc2)C(=O)c2ccccc2O1. The summed E-state index contributed by atoms with van der Waals surface area (Å²) in [4.78, 5) is 17.0. The van der Waals surface area contributed by atoms with Gasteiger partial charge in [0.1, 0.15) is 11.9 Å². The highest BCUT2D eigenvalue weighted by Crippen LogP contribution is 2.26. The monoisotopic (exact) mass is 324 g/mol. The third kappa shape index (κ3) is 3.95. The molecule has 1 aliphatic rings. The average molecular weight is 324 g/mol. The zero-order valence-electron chi connectivity index (χ0n) is 14.3. The zero-order valence-corrected chi connectivity index (χ0v) is 14.3. The molecule has 4 nitrogen and oxygen atoms in total. The van der Waals surface area contributed by atoms with E-state index in [1.807, 2.05) is 47.4 Å². The van der Waals surface area contributed by atoms with E-state index in [1.165, 1.54) is 0 Å². The fraction of sp³-hybridized carbons (Fsp3) is 0.350. The van der Waals surface area contributed by atoms with E-state index in [2.05, 4.69) is 31.1 Å². The van der Waals surface area contributed by atoms with Gasteiger partial charge in [0.2, 0.25) is 0 Å². The number of fused-ring (bicyclic) bond motifs is 1. The smallest absolute Gasteiger partial charge is 0.258 e. The Bertz CT molecular complexity index is 685. The van der Waals surface area contributed by atoms with Crippen LogP contribution in [-0.2, 0) is 6.54 Å². The molecule has 0 aromatic heterocycles. The molecule has 126 valence electrons. The van der Waals surface area contributed by atoms with Gasteiger partial charge in [0.25, 0.3) is 5.91 Å². The van der Waals surface area contributed by atoms with Gasteiger partial charge in [0.15, 0.2) is 0 Å². The van der Waals surface area contributed by atoms with Crippen LogP contribution in [0.15, 0.2) is 54.6 Å². The van der Waals surface area contributed by atoms with Crippen LogP contribution in [0.3, 0.4) is 0 Å². The van der Waals surface area contributed by atoms with Gasteiger partial charge < -0.3 is 14.5 Å². The summed E-state index contributed by atoms with van der Waals surface area (Å²) in [6.07, 6.45) is 0.892. The van der Waals surface area contributed by atoms with Crippen molar-refractivity contribution in [2.45, 2.75) is 19.1 Å². The van der Waals surface area contributed by atoms with Crippen molar-refractivity contribution in [2.75, 3.05) is 27.2 Å². The molecular weight excluding hydrogens is 300 g/mol. The van der Waals surface area contributed by atoms with Crippen LogP contribution in [0.5, 0.6) is 5.75 Å². The van der Waals surface area contributed by atoms with E-state index in [0.29, 0.717) is 24.4 Å². The fourth-order valence-electron chi connectivity index (χ4n) is 2.95. The van der Waals surface area contributed by atoms with E-state index in [4.69, 9.17) is 4.74 Å². The fourth-order valence-corrected chi connectivity index (χ4v) is 2.95. The Morgan fingerprint density at radius 2 is 1.79 bits per heavy atom. The van der Waals surface area contributed by atoms with Crippen LogP contribution in [0.1, 0.15) is 22.3 Å². The van der Waals surface area contributed by atoms with Gasteiger partial charge in [-0.15, -0.1) is 0 Å². The van der Waals surface area contributed by atoms with Crippen molar-refractivity contribution in [3.05, 3.63) is 65.7 Å². The van der Waals surface area contributed by atoms with Crippen LogP contribution in [0.2, 0.25) is 0 Å². The highest BCUT2D eigenvalue weighted by atomic mass is 16.5. The first-order chi connectivity index (χ1) is 11.6. The van der Waals surface area contributed by atoms with Crippen molar-refractivity contribution in [3.8, 4) is 5.75 Å². The van der Waals surface area contributed by atoms with Crippen molar-refractivity contribution in [1.82, 2.24) is 9.80 Å². The molecule has 2 aromatic carbocycles. The zero-order chi connectivity index (χ0) is 16.9.